The van der Waals surface area contributed by atoms with Crippen LogP contribution in [0.1, 0.15) is 19.4 Å². The molecule has 0 saturated heterocycles. The van der Waals surface area contributed by atoms with Crippen LogP contribution >= 0.6 is 0 Å². The first-order valence-corrected chi connectivity index (χ1v) is 7.31. The van der Waals surface area contributed by atoms with Crippen LogP contribution in [0.5, 0.6) is 0 Å². The van der Waals surface area contributed by atoms with Gasteiger partial charge in [-0.1, -0.05) is 24.3 Å². The number of hydrogen-bond donors (Lipinski definition) is 1. The summed E-state index contributed by atoms with van der Waals surface area (Å²) < 4.78 is 0. The van der Waals surface area contributed by atoms with E-state index in [2.05, 4.69) is 5.32 Å². The first kappa shape index (κ1) is 15.0. The number of non-ortho nitro benzene ring substituents is 1. The van der Waals surface area contributed by atoms with Crippen molar-refractivity contribution in [3.8, 4) is 0 Å². The summed E-state index contributed by atoms with van der Waals surface area (Å²) in [6.07, 6.45) is 0. The molecule has 0 aliphatic carbocycles. The Labute approximate surface area is 133 Å². The molecular formula is C17H17N3O3. The van der Waals surface area contributed by atoms with Gasteiger partial charge in [0.2, 0.25) is 5.91 Å². The van der Waals surface area contributed by atoms with Crippen LogP contribution in [0, 0.1) is 10.1 Å². The van der Waals surface area contributed by atoms with Crippen molar-refractivity contribution in [1.82, 2.24) is 0 Å². The molecular weight excluding hydrogens is 294 g/mol. The molecule has 0 radical (unpaired) electrons. The van der Waals surface area contributed by atoms with E-state index in [1.165, 1.54) is 6.07 Å². The molecule has 0 bridgehead atoms. The molecule has 1 heterocycles. The lowest BCUT2D eigenvalue weighted by atomic mass is 9.95. The molecule has 3 rings (SSSR count). The van der Waals surface area contributed by atoms with Gasteiger partial charge in [-0.25, -0.2) is 0 Å². The number of hydrogen-bond acceptors (Lipinski definition) is 4. The molecule has 2 aromatic rings. The third-order valence-corrected chi connectivity index (χ3v) is 4.14. The molecule has 0 spiro atoms. The summed E-state index contributed by atoms with van der Waals surface area (Å²) in [6, 6.07) is 14.1. The highest BCUT2D eigenvalue weighted by molar-refractivity contribution is 6.06. The van der Waals surface area contributed by atoms with Gasteiger partial charge in [0, 0.05) is 18.7 Å². The van der Waals surface area contributed by atoms with E-state index in [4.69, 9.17) is 0 Å². The summed E-state index contributed by atoms with van der Waals surface area (Å²) in [4.78, 5) is 24.9. The third kappa shape index (κ3) is 2.63. The second-order valence-electron chi connectivity index (χ2n) is 6.04. The zero-order valence-corrected chi connectivity index (χ0v) is 12.9. The standard InChI is InChI=1S/C17H17N3O3/c1-17(2)16(21)18-14-8-3-4-9-15(14)19(17)11-12-6-5-7-13(10-12)20(22)23/h3-10H,11H2,1-2H3,(H,18,21). The second-order valence-corrected chi connectivity index (χ2v) is 6.04. The smallest absolute Gasteiger partial charge is 0.269 e. The molecule has 0 aromatic heterocycles. The summed E-state index contributed by atoms with van der Waals surface area (Å²) in [5.41, 5.74) is 1.75. The Bertz CT molecular complexity index is 786. The number of benzene rings is 2. The van der Waals surface area contributed by atoms with Crippen LogP contribution in [-0.2, 0) is 11.3 Å². The molecule has 0 saturated carbocycles. The minimum absolute atomic E-state index is 0.0510. The van der Waals surface area contributed by atoms with Crippen LogP contribution in [-0.4, -0.2) is 16.4 Å². The van der Waals surface area contributed by atoms with Crippen molar-refractivity contribution in [2.24, 2.45) is 0 Å². The van der Waals surface area contributed by atoms with Gasteiger partial charge in [-0.2, -0.15) is 0 Å². The minimum Gasteiger partial charge on any atom is -0.351 e. The van der Waals surface area contributed by atoms with Crippen molar-refractivity contribution < 1.29 is 9.72 Å². The van der Waals surface area contributed by atoms with Crippen molar-refractivity contribution in [3.63, 3.8) is 0 Å². The van der Waals surface area contributed by atoms with Gasteiger partial charge in [-0.05, 0) is 31.5 Å². The van der Waals surface area contributed by atoms with Crippen molar-refractivity contribution in [3.05, 3.63) is 64.2 Å². The monoisotopic (exact) mass is 311 g/mol. The van der Waals surface area contributed by atoms with Crippen LogP contribution < -0.4 is 10.2 Å². The Morgan fingerprint density at radius 2 is 1.91 bits per heavy atom. The number of fused-ring (bicyclic) bond motifs is 1. The van der Waals surface area contributed by atoms with E-state index >= 15 is 0 Å². The summed E-state index contributed by atoms with van der Waals surface area (Å²) in [6.45, 7) is 4.10. The number of carbonyl (C=O) groups is 1. The number of nitro groups is 1. The zero-order valence-electron chi connectivity index (χ0n) is 12.9. The molecule has 118 valence electrons. The summed E-state index contributed by atoms with van der Waals surface area (Å²) in [5, 5.41) is 13.9. The van der Waals surface area contributed by atoms with Crippen molar-refractivity contribution in [2.75, 3.05) is 10.2 Å². The lowest BCUT2D eigenvalue weighted by Gasteiger charge is -2.43. The summed E-state index contributed by atoms with van der Waals surface area (Å²) in [5.74, 6) is -0.0957. The van der Waals surface area contributed by atoms with Crippen molar-refractivity contribution in [2.45, 2.75) is 25.9 Å². The molecule has 0 fully saturated rings. The normalized spacial score (nSPS) is 15.7. The highest BCUT2D eigenvalue weighted by atomic mass is 16.6. The van der Waals surface area contributed by atoms with E-state index in [1.807, 2.05) is 49.1 Å². The molecule has 0 atom stereocenters. The summed E-state index contributed by atoms with van der Waals surface area (Å²) in [7, 11) is 0. The Hall–Kier alpha value is -2.89. The maximum absolute atomic E-state index is 12.4. The Morgan fingerprint density at radius 1 is 1.17 bits per heavy atom. The Balaban J connectivity index is 2.02. The largest absolute Gasteiger partial charge is 0.351 e. The van der Waals surface area contributed by atoms with Gasteiger partial charge < -0.3 is 10.2 Å². The van der Waals surface area contributed by atoms with Gasteiger partial charge in [-0.3, -0.25) is 14.9 Å². The predicted octanol–water partition coefficient (Wildman–Crippen LogP) is 3.33. The number of rotatable bonds is 3. The fourth-order valence-corrected chi connectivity index (χ4v) is 2.75. The quantitative estimate of drug-likeness (QED) is 0.697. The maximum atomic E-state index is 12.4. The number of amides is 1. The molecule has 1 N–H and O–H groups in total. The molecule has 1 amide bonds. The van der Waals surface area contributed by atoms with Crippen molar-refractivity contribution in [1.29, 1.82) is 0 Å². The van der Waals surface area contributed by atoms with Gasteiger partial charge in [0.15, 0.2) is 0 Å². The van der Waals surface area contributed by atoms with Gasteiger partial charge in [-0.15, -0.1) is 0 Å². The van der Waals surface area contributed by atoms with Crippen LogP contribution in [0.2, 0.25) is 0 Å². The number of anilines is 2. The number of carbonyl (C=O) groups excluding carboxylic acids is 1. The van der Waals surface area contributed by atoms with Crippen LogP contribution in [0.25, 0.3) is 0 Å². The highest BCUT2D eigenvalue weighted by Crippen LogP contribution is 2.37. The number of nitrogens with zero attached hydrogens (tertiary/aromatic N) is 2. The lowest BCUT2D eigenvalue weighted by Crippen LogP contribution is -2.55. The average molecular weight is 311 g/mol. The van der Waals surface area contributed by atoms with E-state index < -0.39 is 10.5 Å². The maximum Gasteiger partial charge on any atom is 0.269 e. The third-order valence-electron chi connectivity index (χ3n) is 4.14. The van der Waals surface area contributed by atoms with Gasteiger partial charge in [0.1, 0.15) is 5.54 Å². The molecule has 0 unspecified atom stereocenters. The van der Waals surface area contributed by atoms with Crippen LogP contribution in [0.3, 0.4) is 0 Å². The second kappa shape index (κ2) is 5.39. The Morgan fingerprint density at radius 3 is 2.65 bits per heavy atom. The van der Waals surface area contributed by atoms with E-state index in [0.29, 0.717) is 6.54 Å². The fraction of sp³-hybridized carbons (Fsp3) is 0.235. The highest BCUT2D eigenvalue weighted by Gasteiger charge is 2.39. The summed E-state index contributed by atoms with van der Waals surface area (Å²) >= 11 is 0. The average Bonchev–Trinajstić information content (AvgIpc) is 2.52. The molecule has 6 nitrogen and oxygen atoms in total. The SMILES string of the molecule is CC1(C)C(=O)Nc2ccccc2N1Cc1cccc([N+](=O)[O-])c1. The number of nitrogens with one attached hydrogen (secondary N) is 1. The first-order valence-electron chi connectivity index (χ1n) is 7.31. The van der Waals surface area contributed by atoms with E-state index in [9.17, 15) is 14.9 Å². The van der Waals surface area contributed by atoms with Gasteiger partial charge in [0.25, 0.3) is 5.69 Å². The van der Waals surface area contributed by atoms with E-state index in [0.717, 1.165) is 16.9 Å². The first-order chi connectivity index (χ1) is 10.9. The number of para-hydroxylation sites is 2. The zero-order chi connectivity index (χ0) is 16.6. The van der Waals surface area contributed by atoms with Gasteiger partial charge >= 0.3 is 0 Å². The molecule has 1 aliphatic rings. The van der Waals surface area contributed by atoms with Crippen molar-refractivity contribution >= 4 is 23.0 Å². The predicted molar refractivity (Wildman–Crippen MR) is 88.4 cm³/mol. The minimum atomic E-state index is -0.751. The number of nitro benzene ring substituents is 1. The molecule has 2 aromatic carbocycles. The van der Waals surface area contributed by atoms with Crippen LogP contribution in [0.15, 0.2) is 48.5 Å². The topological polar surface area (TPSA) is 75.5 Å². The van der Waals surface area contributed by atoms with E-state index in [-0.39, 0.29) is 11.6 Å². The molecule has 23 heavy (non-hydrogen) atoms. The van der Waals surface area contributed by atoms with Gasteiger partial charge in [0.05, 0.1) is 16.3 Å². The Kier molecular flexibility index (Phi) is 3.52. The molecule has 6 heteroatoms. The van der Waals surface area contributed by atoms with Crippen LogP contribution in [0.4, 0.5) is 17.1 Å². The fourth-order valence-electron chi connectivity index (χ4n) is 2.75. The molecule has 1 aliphatic heterocycles. The van der Waals surface area contributed by atoms with E-state index in [1.54, 1.807) is 12.1 Å². The lowest BCUT2D eigenvalue weighted by molar-refractivity contribution is -0.384.